The van der Waals surface area contributed by atoms with Crippen LogP contribution in [0, 0.1) is 0 Å². The zero-order chi connectivity index (χ0) is 20.5. The van der Waals surface area contributed by atoms with Gasteiger partial charge in [0, 0.05) is 18.8 Å². The number of sulfone groups is 1. The average Bonchev–Trinajstić information content (AvgIpc) is 2.97. The molecule has 0 aliphatic carbocycles. The fourth-order valence-corrected chi connectivity index (χ4v) is 3.67. The van der Waals surface area contributed by atoms with Crippen LogP contribution < -0.4 is 5.73 Å². The zero-order valence-electron chi connectivity index (χ0n) is 16.6. The topological polar surface area (TPSA) is 109 Å². The van der Waals surface area contributed by atoms with E-state index >= 15 is 0 Å². The first-order chi connectivity index (χ1) is 13.1. The number of pyridine rings is 1. The maximum Gasteiger partial charge on any atom is 0.152 e. The van der Waals surface area contributed by atoms with Crippen molar-refractivity contribution >= 4 is 37.6 Å². The minimum Gasteiger partial charge on any atom is -0.382 e. The summed E-state index contributed by atoms with van der Waals surface area (Å²) in [7, 11) is -1.42. The lowest BCUT2D eigenvalue weighted by atomic mass is 10.1. The van der Waals surface area contributed by atoms with Crippen LogP contribution in [0.25, 0.3) is 21.9 Å². The molecule has 2 heterocycles. The third kappa shape index (κ3) is 4.43. The number of rotatable bonds is 8. The molecule has 0 amide bonds. The van der Waals surface area contributed by atoms with Gasteiger partial charge in [0.15, 0.2) is 5.82 Å². The number of hydrogen-bond donors (Lipinski definition) is 1. The first kappa shape index (κ1) is 20.5. The summed E-state index contributed by atoms with van der Waals surface area (Å²) in [5.41, 5.74) is 8.81. The number of nitrogens with two attached hydrogens (primary N) is 1. The van der Waals surface area contributed by atoms with Crippen molar-refractivity contribution in [2.75, 3.05) is 31.5 Å². The van der Waals surface area contributed by atoms with Gasteiger partial charge in [0.25, 0.3) is 0 Å². The van der Waals surface area contributed by atoms with Gasteiger partial charge in [0.2, 0.25) is 0 Å². The molecule has 0 radical (unpaired) electrons. The van der Waals surface area contributed by atoms with Crippen molar-refractivity contribution < 1.29 is 17.9 Å². The lowest BCUT2D eigenvalue weighted by molar-refractivity contribution is -0.0205. The number of methoxy groups -OCH3 is 1. The van der Waals surface area contributed by atoms with E-state index in [4.69, 9.17) is 15.2 Å². The Bertz CT molecular complexity index is 1110. The molecule has 0 spiro atoms. The summed E-state index contributed by atoms with van der Waals surface area (Å²) in [6.45, 7) is 4.90. The molecular weight excluding hydrogens is 380 g/mol. The van der Waals surface area contributed by atoms with Crippen LogP contribution in [0.1, 0.15) is 19.4 Å². The van der Waals surface area contributed by atoms with Crippen molar-refractivity contribution in [3.63, 3.8) is 0 Å². The number of nitrogen functional groups attached to an aromatic ring is 1. The Kier molecular flexibility index (Phi) is 5.60. The largest absolute Gasteiger partial charge is 0.382 e. The van der Waals surface area contributed by atoms with E-state index in [-0.39, 0.29) is 12.4 Å². The monoisotopic (exact) mass is 406 g/mol. The van der Waals surface area contributed by atoms with E-state index in [0.717, 1.165) is 22.0 Å². The molecule has 0 bridgehead atoms. The number of ether oxygens (including phenoxy) is 2. The van der Waals surface area contributed by atoms with E-state index in [1.54, 1.807) is 13.4 Å². The van der Waals surface area contributed by atoms with Crippen LogP contribution in [0.15, 0.2) is 24.5 Å². The SMILES string of the molecule is COCc1cccc2nc(N)c3ncn(CC(C)(C)OCCS(C)(=O)=O)c3c12. The van der Waals surface area contributed by atoms with Crippen LogP contribution in [0.2, 0.25) is 0 Å². The number of fused-ring (bicyclic) bond motifs is 3. The zero-order valence-corrected chi connectivity index (χ0v) is 17.4. The molecule has 0 saturated heterocycles. The lowest BCUT2D eigenvalue weighted by Gasteiger charge is -2.26. The van der Waals surface area contributed by atoms with E-state index < -0.39 is 15.4 Å². The van der Waals surface area contributed by atoms with Gasteiger partial charge in [0.1, 0.15) is 15.4 Å². The molecule has 0 atom stereocenters. The van der Waals surface area contributed by atoms with Gasteiger partial charge in [-0.15, -0.1) is 0 Å². The van der Waals surface area contributed by atoms with Crippen LogP contribution >= 0.6 is 0 Å². The molecule has 3 rings (SSSR count). The average molecular weight is 407 g/mol. The van der Waals surface area contributed by atoms with E-state index in [1.165, 1.54) is 6.26 Å². The van der Waals surface area contributed by atoms with Crippen molar-refractivity contribution in [2.45, 2.75) is 32.6 Å². The second-order valence-corrected chi connectivity index (χ2v) is 9.81. The van der Waals surface area contributed by atoms with E-state index in [2.05, 4.69) is 9.97 Å². The minimum absolute atomic E-state index is 0.0150. The highest BCUT2D eigenvalue weighted by Crippen LogP contribution is 2.31. The highest BCUT2D eigenvalue weighted by molar-refractivity contribution is 7.90. The number of nitrogens with zero attached hydrogens (tertiary/aromatic N) is 3. The Morgan fingerprint density at radius 1 is 1.29 bits per heavy atom. The van der Waals surface area contributed by atoms with Gasteiger partial charge in [-0.3, -0.25) is 0 Å². The minimum atomic E-state index is -3.07. The van der Waals surface area contributed by atoms with Gasteiger partial charge >= 0.3 is 0 Å². The fourth-order valence-electron chi connectivity index (χ4n) is 3.29. The molecule has 2 N–H and O–H groups in total. The molecule has 0 aliphatic heterocycles. The maximum absolute atomic E-state index is 11.4. The summed E-state index contributed by atoms with van der Waals surface area (Å²) in [6.07, 6.45) is 2.92. The summed E-state index contributed by atoms with van der Waals surface area (Å²) in [4.78, 5) is 8.94. The van der Waals surface area contributed by atoms with Gasteiger partial charge in [-0.05, 0) is 25.5 Å². The third-order valence-corrected chi connectivity index (χ3v) is 5.39. The Morgan fingerprint density at radius 2 is 2.04 bits per heavy atom. The van der Waals surface area contributed by atoms with Gasteiger partial charge in [-0.2, -0.15) is 0 Å². The molecule has 28 heavy (non-hydrogen) atoms. The molecule has 3 aromatic rings. The maximum atomic E-state index is 11.4. The summed E-state index contributed by atoms with van der Waals surface area (Å²) in [6, 6.07) is 5.83. The summed E-state index contributed by atoms with van der Waals surface area (Å²) in [5.74, 6) is 0.352. The molecule has 9 heteroatoms. The lowest BCUT2D eigenvalue weighted by Crippen LogP contribution is -2.32. The predicted octanol–water partition coefficient (Wildman–Crippen LogP) is 2.15. The summed E-state index contributed by atoms with van der Waals surface area (Å²) >= 11 is 0. The first-order valence-corrected chi connectivity index (χ1v) is 11.0. The second kappa shape index (κ2) is 7.65. The molecule has 2 aromatic heterocycles. The Morgan fingerprint density at radius 3 is 2.71 bits per heavy atom. The molecule has 0 aliphatic rings. The highest BCUT2D eigenvalue weighted by atomic mass is 32.2. The van der Waals surface area contributed by atoms with Gasteiger partial charge in [0.05, 0.1) is 48.5 Å². The van der Waals surface area contributed by atoms with Crippen LogP contribution in [0.3, 0.4) is 0 Å². The Labute approximate surface area is 164 Å². The summed E-state index contributed by atoms with van der Waals surface area (Å²) in [5, 5.41) is 0.943. The Hall–Kier alpha value is -2.23. The van der Waals surface area contributed by atoms with Gasteiger partial charge < -0.3 is 19.8 Å². The standard InChI is InChI=1S/C19H26N4O4S/c1-19(2,27-8-9-28(4,24)25)11-23-12-21-16-17(23)15-13(10-26-3)6-5-7-14(15)22-18(16)20/h5-7,12H,8-11H2,1-4H3,(H2,20,22). The molecule has 1 aromatic carbocycles. The van der Waals surface area contributed by atoms with Crippen molar-refractivity contribution in [2.24, 2.45) is 0 Å². The quantitative estimate of drug-likeness (QED) is 0.610. The normalized spacial score (nSPS) is 12.9. The van der Waals surface area contributed by atoms with Crippen molar-refractivity contribution in [3.05, 3.63) is 30.1 Å². The molecule has 8 nitrogen and oxygen atoms in total. The molecular formula is C19H26N4O4S. The van der Waals surface area contributed by atoms with Gasteiger partial charge in [-0.1, -0.05) is 12.1 Å². The van der Waals surface area contributed by atoms with Crippen LogP contribution in [0.4, 0.5) is 5.82 Å². The number of hydrogen-bond acceptors (Lipinski definition) is 7. The fraction of sp³-hybridized carbons (Fsp3) is 0.474. The van der Waals surface area contributed by atoms with Crippen LogP contribution in [0.5, 0.6) is 0 Å². The molecule has 0 saturated carbocycles. The second-order valence-electron chi connectivity index (χ2n) is 7.55. The first-order valence-electron chi connectivity index (χ1n) is 8.94. The van der Waals surface area contributed by atoms with E-state index in [0.29, 0.717) is 24.5 Å². The molecule has 0 unspecified atom stereocenters. The smallest absolute Gasteiger partial charge is 0.152 e. The molecule has 0 fully saturated rings. The third-order valence-electron chi connectivity index (χ3n) is 4.48. The molecule has 152 valence electrons. The van der Waals surface area contributed by atoms with Crippen molar-refractivity contribution in [3.8, 4) is 0 Å². The van der Waals surface area contributed by atoms with Crippen LogP contribution in [-0.4, -0.2) is 54.3 Å². The summed E-state index contributed by atoms with van der Waals surface area (Å²) < 4.78 is 35.9. The van der Waals surface area contributed by atoms with E-state index in [1.807, 2.05) is 36.6 Å². The van der Waals surface area contributed by atoms with Crippen molar-refractivity contribution in [1.29, 1.82) is 0 Å². The van der Waals surface area contributed by atoms with Crippen molar-refractivity contribution in [1.82, 2.24) is 14.5 Å². The number of benzene rings is 1. The van der Waals surface area contributed by atoms with Crippen LogP contribution in [-0.2, 0) is 32.5 Å². The van der Waals surface area contributed by atoms with E-state index in [9.17, 15) is 8.42 Å². The number of anilines is 1. The number of imidazole rings is 1. The van der Waals surface area contributed by atoms with Gasteiger partial charge in [-0.25, -0.2) is 18.4 Å². The highest BCUT2D eigenvalue weighted by Gasteiger charge is 2.23. The predicted molar refractivity (Wildman–Crippen MR) is 110 cm³/mol. The Balaban J connectivity index is 2.03. The number of aromatic nitrogens is 3.